The number of nitrogens with zero attached hydrogens (tertiary/aromatic N) is 7. The van der Waals surface area contributed by atoms with Crippen LogP contribution in [-0.2, 0) is 0 Å². The van der Waals surface area contributed by atoms with Crippen LogP contribution in [-0.4, -0.2) is 66.3 Å². The molecule has 214 valence electrons. The van der Waals surface area contributed by atoms with Gasteiger partial charge in [-0.25, -0.2) is 19.1 Å². The number of aromatic nitrogens is 5. The number of carboxylic acid groups (broad SMARTS) is 1. The lowest BCUT2D eigenvalue weighted by Crippen LogP contribution is -2.54. The predicted molar refractivity (Wildman–Crippen MR) is 164 cm³/mol. The average molecular weight is 584 g/mol. The van der Waals surface area contributed by atoms with E-state index in [0.29, 0.717) is 39.8 Å². The molecule has 10 nitrogen and oxygen atoms in total. The van der Waals surface area contributed by atoms with E-state index in [2.05, 4.69) is 15.0 Å². The van der Waals surface area contributed by atoms with E-state index >= 15 is 0 Å². The van der Waals surface area contributed by atoms with Gasteiger partial charge in [-0.05, 0) is 43.5 Å². The summed E-state index contributed by atoms with van der Waals surface area (Å²) >= 11 is 6.98. The van der Waals surface area contributed by atoms with Crippen LogP contribution < -0.4 is 10.6 Å². The highest BCUT2D eigenvalue weighted by molar-refractivity contribution is 6.34. The molecule has 1 aliphatic rings. The Morgan fingerprint density at radius 1 is 1.07 bits per heavy atom. The summed E-state index contributed by atoms with van der Waals surface area (Å²) in [4.78, 5) is 47.9. The summed E-state index contributed by atoms with van der Waals surface area (Å²) in [6.45, 7) is 8.85. The van der Waals surface area contributed by atoms with Crippen LogP contribution in [0.4, 0.5) is 10.6 Å². The van der Waals surface area contributed by atoms with Gasteiger partial charge in [0, 0.05) is 49.0 Å². The first-order chi connectivity index (χ1) is 20.2. The Bertz CT molecular complexity index is 1920. The van der Waals surface area contributed by atoms with E-state index in [1.165, 1.54) is 9.47 Å². The van der Waals surface area contributed by atoms with E-state index in [9.17, 15) is 14.7 Å². The van der Waals surface area contributed by atoms with Crippen LogP contribution in [0.3, 0.4) is 0 Å². The molecule has 0 unspecified atom stereocenters. The number of carbonyl (C=O) groups is 1. The predicted octanol–water partition coefficient (Wildman–Crippen LogP) is 5.66. The number of benzene rings is 1. The van der Waals surface area contributed by atoms with Crippen molar-refractivity contribution in [3.63, 3.8) is 0 Å². The first-order valence-electron chi connectivity index (χ1n) is 13.8. The molecule has 1 aromatic carbocycles. The van der Waals surface area contributed by atoms with Crippen LogP contribution in [0.15, 0.2) is 59.7 Å². The van der Waals surface area contributed by atoms with E-state index in [1.807, 2.05) is 69.0 Å². The van der Waals surface area contributed by atoms with Gasteiger partial charge in [-0.3, -0.25) is 9.97 Å². The zero-order valence-electron chi connectivity index (χ0n) is 23.7. The minimum atomic E-state index is -0.971. The van der Waals surface area contributed by atoms with Gasteiger partial charge < -0.3 is 14.9 Å². The van der Waals surface area contributed by atoms with Gasteiger partial charge in [0.1, 0.15) is 5.82 Å². The van der Waals surface area contributed by atoms with Crippen molar-refractivity contribution in [1.82, 2.24) is 29.4 Å². The number of aryl methyl sites for hydroxylation is 1. The van der Waals surface area contributed by atoms with Crippen molar-refractivity contribution in [1.29, 1.82) is 0 Å². The van der Waals surface area contributed by atoms with Crippen LogP contribution in [0.1, 0.15) is 37.9 Å². The molecular weight excluding hydrogens is 554 g/mol. The molecule has 0 aliphatic carbocycles. The molecule has 0 radical (unpaired) electrons. The van der Waals surface area contributed by atoms with Crippen LogP contribution in [0.2, 0.25) is 5.02 Å². The maximum atomic E-state index is 14.1. The maximum Gasteiger partial charge on any atom is 0.407 e. The van der Waals surface area contributed by atoms with Gasteiger partial charge in [-0.15, -0.1) is 0 Å². The number of anilines is 1. The fourth-order valence-electron chi connectivity index (χ4n) is 5.74. The Morgan fingerprint density at radius 3 is 2.60 bits per heavy atom. The molecule has 1 aliphatic heterocycles. The number of halogens is 1. The van der Waals surface area contributed by atoms with Gasteiger partial charge in [0.25, 0.3) is 0 Å². The maximum absolute atomic E-state index is 14.1. The summed E-state index contributed by atoms with van der Waals surface area (Å²) in [7, 11) is 0. The molecule has 1 amide bonds. The van der Waals surface area contributed by atoms with Crippen molar-refractivity contribution in [3.8, 4) is 16.9 Å². The quantitative estimate of drug-likeness (QED) is 0.288. The molecule has 1 fully saturated rings. The Kier molecular flexibility index (Phi) is 7.02. The summed E-state index contributed by atoms with van der Waals surface area (Å²) in [6, 6.07) is 13.1. The molecule has 0 spiro atoms. The first kappa shape index (κ1) is 27.6. The van der Waals surface area contributed by atoms with Crippen LogP contribution >= 0.6 is 11.6 Å². The van der Waals surface area contributed by atoms with Crippen molar-refractivity contribution >= 4 is 45.4 Å². The van der Waals surface area contributed by atoms with Gasteiger partial charge in [-0.1, -0.05) is 49.7 Å². The molecular formula is C31H30ClN7O3. The van der Waals surface area contributed by atoms with Crippen LogP contribution in [0.25, 0.3) is 38.9 Å². The Labute approximate surface area is 247 Å². The molecule has 5 heterocycles. The molecule has 4 aromatic heterocycles. The number of amides is 1. The van der Waals surface area contributed by atoms with Gasteiger partial charge in [0.2, 0.25) is 0 Å². The Hall–Kier alpha value is -4.57. The van der Waals surface area contributed by atoms with E-state index < -0.39 is 11.8 Å². The second-order valence-electron chi connectivity index (χ2n) is 10.9. The second-order valence-corrected chi connectivity index (χ2v) is 11.3. The lowest BCUT2D eigenvalue weighted by molar-refractivity contribution is 0.136. The summed E-state index contributed by atoms with van der Waals surface area (Å²) in [5.41, 5.74) is 4.13. The summed E-state index contributed by atoms with van der Waals surface area (Å²) in [6.07, 6.45) is 2.50. The average Bonchev–Trinajstić information content (AvgIpc) is 2.97. The first-order valence-corrected chi connectivity index (χ1v) is 14.2. The summed E-state index contributed by atoms with van der Waals surface area (Å²) < 4.78 is 1.53. The fourth-order valence-corrected chi connectivity index (χ4v) is 5.99. The van der Waals surface area contributed by atoms with Crippen molar-refractivity contribution in [2.24, 2.45) is 0 Å². The highest BCUT2D eigenvalue weighted by atomic mass is 35.5. The molecule has 5 aromatic rings. The Balaban J connectivity index is 1.68. The van der Waals surface area contributed by atoms with E-state index in [-0.39, 0.29) is 25.0 Å². The minimum absolute atomic E-state index is 0.0275. The molecule has 0 bridgehead atoms. The van der Waals surface area contributed by atoms with Gasteiger partial charge in [0.15, 0.2) is 5.65 Å². The number of rotatable bonds is 4. The van der Waals surface area contributed by atoms with Gasteiger partial charge in [0.05, 0.1) is 33.0 Å². The van der Waals surface area contributed by atoms with E-state index in [1.54, 1.807) is 18.5 Å². The lowest BCUT2D eigenvalue weighted by atomic mass is 10.0. The van der Waals surface area contributed by atoms with Crippen molar-refractivity contribution in [2.75, 3.05) is 24.5 Å². The Morgan fingerprint density at radius 2 is 1.86 bits per heavy atom. The van der Waals surface area contributed by atoms with Crippen molar-refractivity contribution in [3.05, 3.63) is 81.6 Å². The largest absolute Gasteiger partial charge is 0.465 e. The number of pyridine rings is 3. The minimum Gasteiger partial charge on any atom is -0.465 e. The zero-order valence-corrected chi connectivity index (χ0v) is 24.5. The monoisotopic (exact) mass is 583 g/mol. The van der Waals surface area contributed by atoms with Crippen LogP contribution in [0.5, 0.6) is 0 Å². The summed E-state index contributed by atoms with van der Waals surface area (Å²) in [5, 5.41) is 11.5. The molecule has 1 atom stereocenters. The number of piperazine rings is 1. The van der Waals surface area contributed by atoms with Crippen LogP contribution in [0, 0.1) is 6.92 Å². The highest BCUT2D eigenvalue weighted by Gasteiger charge is 2.31. The SMILES string of the molecule is Cc1ccnc(C(C)C)c1-n1c(=O)nc(N2CCN(C(=O)O)C[C@@H]2C)c2cc(Cl)c(-c3cccc4cccnc34)nc21. The van der Waals surface area contributed by atoms with Gasteiger partial charge in [-0.2, -0.15) is 4.98 Å². The van der Waals surface area contributed by atoms with Crippen molar-refractivity contribution in [2.45, 2.75) is 39.7 Å². The standard InChI is InChI=1S/C31H30ClN7O3/c1-17(2)24-27(18(3)10-12-34-24)39-29-22(28(36-30(39)40)38-14-13-37(31(41)42)16-19(38)4)15-23(32)26(35-29)21-9-5-7-20-8-6-11-33-25(20)21/h5-12,15,17,19H,13-14,16H2,1-4H3,(H,41,42)/t19-/m0/s1. The lowest BCUT2D eigenvalue weighted by Gasteiger charge is -2.39. The third kappa shape index (κ3) is 4.61. The number of hydrogen-bond acceptors (Lipinski definition) is 7. The summed E-state index contributed by atoms with van der Waals surface area (Å²) in [5.74, 6) is 0.452. The molecule has 42 heavy (non-hydrogen) atoms. The topological polar surface area (TPSA) is 117 Å². The number of hydrogen-bond donors (Lipinski definition) is 1. The molecule has 6 rings (SSSR count). The number of para-hydroxylation sites is 1. The highest BCUT2D eigenvalue weighted by Crippen LogP contribution is 2.37. The molecule has 1 N–H and O–H groups in total. The van der Waals surface area contributed by atoms with Crippen molar-refractivity contribution < 1.29 is 9.90 Å². The zero-order chi connectivity index (χ0) is 29.7. The third-order valence-corrected chi connectivity index (χ3v) is 8.07. The van der Waals surface area contributed by atoms with Gasteiger partial charge >= 0.3 is 11.8 Å². The van der Waals surface area contributed by atoms with E-state index in [4.69, 9.17) is 16.6 Å². The third-order valence-electron chi connectivity index (χ3n) is 7.78. The molecule has 0 saturated carbocycles. The molecule has 1 saturated heterocycles. The fraction of sp³-hybridized carbons (Fsp3) is 0.290. The van der Waals surface area contributed by atoms with E-state index in [0.717, 1.165) is 27.7 Å². The second kappa shape index (κ2) is 10.7. The smallest absolute Gasteiger partial charge is 0.407 e. The normalized spacial score (nSPS) is 15.6. The molecule has 11 heteroatoms. The number of fused-ring (bicyclic) bond motifs is 2.